The molecule has 0 aromatic heterocycles. The molecule has 1 saturated heterocycles. The molecule has 0 N–H and O–H groups in total. The third kappa shape index (κ3) is 2.48. The molecule has 1 heterocycles. The molecule has 0 amide bonds. The summed E-state index contributed by atoms with van der Waals surface area (Å²) in [6, 6.07) is 0. The molecule has 1 aliphatic rings. The molecular weight excluding hydrogens is 146 g/mol. The van der Waals surface area contributed by atoms with Crippen molar-refractivity contribution in [2.24, 2.45) is 5.41 Å². The van der Waals surface area contributed by atoms with Gasteiger partial charge in [0.1, 0.15) is 0 Å². The fraction of sp³-hybridized carbons (Fsp3) is 1.00. The van der Waals surface area contributed by atoms with E-state index in [1.807, 2.05) is 0 Å². The minimum absolute atomic E-state index is 0.574. The fourth-order valence-electron chi connectivity index (χ4n) is 1.95. The molecule has 12 heavy (non-hydrogen) atoms. The minimum atomic E-state index is 0.574. The van der Waals surface area contributed by atoms with E-state index in [0.717, 1.165) is 0 Å². The van der Waals surface area contributed by atoms with Crippen molar-refractivity contribution in [2.75, 3.05) is 19.6 Å². The van der Waals surface area contributed by atoms with E-state index in [-0.39, 0.29) is 0 Å². The molecule has 1 fully saturated rings. The van der Waals surface area contributed by atoms with Crippen molar-refractivity contribution in [3.63, 3.8) is 0 Å². The first-order valence-corrected chi connectivity index (χ1v) is 5.42. The van der Waals surface area contributed by atoms with Crippen LogP contribution >= 0.6 is 0 Å². The molecule has 0 unspecified atom stereocenters. The summed E-state index contributed by atoms with van der Waals surface area (Å²) in [4.78, 5) is 2.63. The van der Waals surface area contributed by atoms with Gasteiger partial charge >= 0.3 is 0 Å². The summed E-state index contributed by atoms with van der Waals surface area (Å²) in [6.07, 6.45) is 5.48. The molecule has 1 aliphatic heterocycles. The molecule has 0 aromatic carbocycles. The average Bonchev–Trinajstić information content (AvgIpc) is 2.57. The van der Waals surface area contributed by atoms with Crippen LogP contribution in [0.4, 0.5) is 0 Å². The highest BCUT2D eigenvalue weighted by Crippen LogP contribution is 2.27. The van der Waals surface area contributed by atoms with Crippen LogP contribution in [0, 0.1) is 5.41 Å². The fourth-order valence-corrected chi connectivity index (χ4v) is 1.95. The third-order valence-corrected chi connectivity index (χ3v) is 3.51. The second-order valence-electron chi connectivity index (χ2n) is 4.50. The van der Waals surface area contributed by atoms with Gasteiger partial charge in [0.05, 0.1) is 0 Å². The number of nitrogens with zero attached hydrogens (tertiary/aromatic N) is 1. The zero-order valence-electron chi connectivity index (χ0n) is 8.90. The predicted molar refractivity (Wildman–Crippen MR) is 54.4 cm³/mol. The van der Waals surface area contributed by atoms with Crippen molar-refractivity contribution < 1.29 is 0 Å². The molecular formula is C11H23N. The maximum atomic E-state index is 2.63. The second-order valence-corrected chi connectivity index (χ2v) is 4.50. The Bertz CT molecular complexity index is 121. The minimum Gasteiger partial charge on any atom is -0.303 e. The first-order chi connectivity index (χ1) is 5.70. The van der Waals surface area contributed by atoms with E-state index >= 15 is 0 Å². The number of rotatable bonds is 4. The van der Waals surface area contributed by atoms with E-state index in [1.54, 1.807) is 0 Å². The van der Waals surface area contributed by atoms with E-state index in [9.17, 15) is 0 Å². The lowest BCUT2D eigenvalue weighted by molar-refractivity contribution is 0.179. The van der Waals surface area contributed by atoms with Crippen LogP contribution in [0.25, 0.3) is 0 Å². The molecule has 1 heteroatoms. The highest BCUT2D eigenvalue weighted by molar-refractivity contribution is 4.78. The molecule has 0 aromatic rings. The molecule has 0 radical (unpaired) electrons. The average molecular weight is 169 g/mol. The summed E-state index contributed by atoms with van der Waals surface area (Å²) < 4.78 is 0. The van der Waals surface area contributed by atoms with E-state index in [0.29, 0.717) is 5.41 Å². The van der Waals surface area contributed by atoms with Gasteiger partial charge in [-0.05, 0) is 44.2 Å². The Balaban J connectivity index is 2.35. The van der Waals surface area contributed by atoms with Crippen molar-refractivity contribution in [2.45, 2.75) is 46.5 Å². The first kappa shape index (κ1) is 10.0. The second kappa shape index (κ2) is 4.27. The lowest BCUT2D eigenvalue weighted by atomic mass is 9.84. The zero-order valence-corrected chi connectivity index (χ0v) is 8.90. The third-order valence-electron chi connectivity index (χ3n) is 3.51. The molecule has 0 spiro atoms. The van der Waals surface area contributed by atoms with Gasteiger partial charge in [0.25, 0.3) is 0 Å². The highest BCUT2D eigenvalue weighted by Gasteiger charge is 2.24. The number of hydrogen-bond donors (Lipinski definition) is 0. The summed E-state index contributed by atoms with van der Waals surface area (Å²) in [6.45, 7) is 11.1. The van der Waals surface area contributed by atoms with Crippen molar-refractivity contribution in [1.29, 1.82) is 0 Å². The SMILES string of the molecule is CCC(C)(CC)CN1CCCC1. The van der Waals surface area contributed by atoms with Crippen LogP contribution in [0.5, 0.6) is 0 Å². The van der Waals surface area contributed by atoms with Crippen LogP contribution in [0.3, 0.4) is 0 Å². The molecule has 1 nitrogen and oxygen atoms in total. The lowest BCUT2D eigenvalue weighted by Gasteiger charge is -2.31. The van der Waals surface area contributed by atoms with Gasteiger partial charge in [0.15, 0.2) is 0 Å². The monoisotopic (exact) mass is 169 g/mol. The molecule has 72 valence electrons. The topological polar surface area (TPSA) is 3.24 Å². The van der Waals surface area contributed by atoms with Gasteiger partial charge in [-0.3, -0.25) is 0 Å². The Hall–Kier alpha value is -0.0400. The Labute approximate surface area is 77.1 Å². The first-order valence-electron chi connectivity index (χ1n) is 5.42. The van der Waals surface area contributed by atoms with Crippen molar-refractivity contribution in [3.8, 4) is 0 Å². The lowest BCUT2D eigenvalue weighted by Crippen LogP contribution is -2.33. The van der Waals surface area contributed by atoms with Crippen molar-refractivity contribution in [1.82, 2.24) is 4.90 Å². The van der Waals surface area contributed by atoms with E-state index in [4.69, 9.17) is 0 Å². The smallest absolute Gasteiger partial charge is 0.00351 e. The van der Waals surface area contributed by atoms with Crippen LogP contribution in [0.2, 0.25) is 0 Å². The van der Waals surface area contributed by atoms with Crippen LogP contribution in [-0.2, 0) is 0 Å². The molecule has 0 aliphatic carbocycles. The zero-order chi connectivity index (χ0) is 9.03. The maximum Gasteiger partial charge on any atom is 0.00351 e. The summed E-state index contributed by atoms with van der Waals surface area (Å²) in [7, 11) is 0. The Morgan fingerprint density at radius 3 is 2.00 bits per heavy atom. The van der Waals surface area contributed by atoms with Gasteiger partial charge in [-0.2, -0.15) is 0 Å². The van der Waals surface area contributed by atoms with Crippen LogP contribution in [-0.4, -0.2) is 24.5 Å². The van der Waals surface area contributed by atoms with E-state index < -0.39 is 0 Å². The van der Waals surface area contributed by atoms with Crippen LogP contribution in [0.15, 0.2) is 0 Å². The van der Waals surface area contributed by atoms with E-state index in [2.05, 4.69) is 25.7 Å². The van der Waals surface area contributed by atoms with Crippen molar-refractivity contribution >= 4 is 0 Å². The Kier molecular flexibility index (Phi) is 3.57. The predicted octanol–water partition coefficient (Wildman–Crippen LogP) is 2.91. The highest BCUT2D eigenvalue weighted by atomic mass is 15.1. The summed E-state index contributed by atoms with van der Waals surface area (Å²) in [5.74, 6) is 0. The van der Waals surface area contributed by atoms with Gasteiger partial charge in [0.2, 0.25) is 0 Å². The van der Waals surface area contributed by atoms with Gasteiger partial charge in [0, 0.05) is 6.54 Å². The largest absolute Gasteiger partial charge is 0.303 e. The molecule has 0 bridgehead atoms. The Morgan fingerprint density at radius 2 is 1.58 bits per heavy atom. The van der Waals surface area contributed by atoms with Gasteiger partial charge < -0.3 is 4.90 Å². The number of hydrogen-bond acceptors (Lipinski definition) is 1. The maximum absolute atomic E-state index is 2.63. The molecule has 0 atom stereocenters. The van der Waals surface area contributed by atoms with E-state index in [1.165, 1.54) is 45.3 Å². The van der Waals surface area contributed by atoms with Gasteiger partial charge in [-0.15, -0.1) is 0 Å². The quantitative estimate of drug-likeness (QED) is 0.625. The molecule has 1 rings (SSSR count). The summed E-state index contributed by atoms with van der Waals surface area (Å²) in [5, 5.41) is 0. The normalized spacial score (nSPS) is 20.2. The van der Waals surface area contributed by atoms with Crippen LogP contribution in [0.1, 0.15) is 46.5 Å². The number of likely N-dealkylation sites (tertiary alicyclic amines) is 1. The molecule has 0 saturated carbocycles. The standard InChI is InChI=1S/C11H23N/c1-4-11(3,5-2)10-12-8-6-7-9-12/h4-10H2,1-3H3. The summed E-state index contributed by atoms with van der Waals surface area (Å²) >= 11 is 0. The Morgan fingerprint density at radius 1 is 1.08 bits per heavy atom. The van der Waals surface area contributed by atoms with Crippen molar-refractivity contribution in [3.05, 3.63) is 0 Å². The van der Waals surface area contributed by atoms with Gasteiger partial charge in [-0.25, -0.2) is 0 Å². The van der Waals surface area contributed by atoms with Crippen LogP contribution < -0.4 is 0 Å². The summed E-state index contributed by atoms with van der Waals surface area (Å²) in [5.41, 5.74) is 0.574. The van der Waals surface area contributed by atoms with Gasteiger partial charge in [-0.1, -0.05) is 20.8 Å².